The number of amides is 2. The first-order valence-corrected chi connectivity index (χ1v) is 7.04. The average Bonchev–Trinajstić information content (AvgIpc) is 2.51. The molecule has 0 unspecified atom stereocenters. The Morgan fingerprint density at radius 1 is 1.09 bits per heavy atom. The molecule has 0 heterocycles. The van der Waals surface area contributed by atoms with E-state index >= 15 is 0 Å². The summed E-state index contributed by atoms with van der Waals surface area (Å²) in [5.41, 5.74) is 4.01. The minimum Gasteiger partial charge on any atom is -0.496 e. The van der Waals surface area contributed by atoms with Crippen LogP contribution in [0.5, 0.6) is 5.75 Å². The summed E-state index contributed by atoms with van der Waals surface area (Å²) in [6.07, 6.45) is 3.38. The first-order chi connectivity index (χ1) is 10.6. The molecule has 0 radical (unpaired) electrons. The largest absolute Gasteiger partial charge is 0.496 e. The Morgan fingerprint density at radius 2 is 1.86 bits per heavy atom. The summed E-state index contributed by atoms with van der Waals surface area (Å²) in [6.45, 7) is 4.05. The number of methoxy groups -OCH3 is 1. The fourth-order valence-corrected chi connectivity index (χ4v) is 2.00. The summed E-state index contributed by atoms with van der Waals surface area (Å²) >= 11 is 0. The summed E-state index contributed by atoms with van der Waals surface area (Å²) in [4.78, 5) is 11.8. The summed E-state index contributed by atoms with van der Waals surface area (Å²) in [5.74, 6) is 0.759. The maximum Gasteiger partial charge on any atom is 0.323 e. The number of para-hydroxylation sites is 1. The van der Waals surface area contributed by atoms with Crippen LogP contribution in [0.1, 0.15) is 16.7 Å². The Morgan fingerprint density at radius 3 is 2.59 bits per heavy atom. The quantitative estimate of drug-likeness (QED) is 0.892. The van der Waals surface area contributed by atoms with Gasteiger partial charge in [-0.05, 0) is 49.2 Å². The number of anilines is 1. The van der Waals surface area contributed by atoms with Gasteiger partial charge in [0, 0.05) is 17.5 Å². The minimum atomic E-state index is -0.283. The van der Waals surface area contributed by atoms with E-state index in [1.165, 1.54) is 5.56 Å². The van der Waals surface area contributed by atoms with Crippen LogP contribution in [0.25, 0.3) is 6.08 Å². The Hall–Kier alpha value is -2.75. The molecule has 0 aliphatic heterocycles. The molecule has 114 valence electrons. The second-order valence-electron chi connectivity index (χ2n) is 4.97. The third kappa shape index (κ3) is 4.12. The number of ether oxygens (including phenoxy) is 1. The van der Waals surface area contributed by atoms with Crippen LogP contribution in [0, 0.1) is 13.8 Å². The number of nitrogens with one attached hydrogen (secondary N) is 2. The number of benzene rings is 2. The smallest absolute Gasteiger partial charge is 0.323 e. The lowest BCUT2D eigenvalue weighted by molar-refractivity contribution is 0.255. The Labute approximate surface area is 130 Å². The van der Waals surface area contributed by atoms with Crippen LogP contribution in [-0.2, 0) is 0 Å². The third-order valence-electron chi connectivity index (χ3n) is 3.38. The van der Waals surface area contributed by atoms with E-state index < -0.39 is 0 Å². The van der Waals surface area contributed by atoms with Crippen molar-refractivity contribution in [2.75, 3.05) is 12.4 Å². The normalized spacial score (nSPS) is 10.5. The van der Waals surface area contributed by atoms with Crippen LogP contribution in [0.2, 0.25) is 0 Å². The van der Waals surface area contributed by atoms with E-state index in [1.54, 1.807) is 19.4 Å². The lowest BCUT2D eigenvalue weighted by Crippen LogP contribution is -2.23. The highest BCUT2D eigenvalue weighted by Crippen LogP contribution is 2.18. The number of carbonyl (C=O) groups is 1. The molecule has 4 nitrogen and oxygen atoms in total. The second-order valence-corrected chi connectivity index (χ2v) is 4.97. The molecule has 4 heteroatoms. The molecule has 0 saturated heterocycles. The maximum absolute atomic E-state index is 11.8. The Bertz CT molecular complexity index is 693. The van der Waals surface area contributed by atoms with Crippen LogP contribution in [0.4, 0.5) is 10.5 Å². The van der Waals surface area contributed by atoms with Crippen LogP contribution in [-0.4, -0.2) is 13.1 Å². The molecular weight excluding hydrogens is 276 g/mol. The van der Waals surface area contributed by atoms with Crippen LogP contribution >= 0.6 is 0 Å². The van der Waals surface area contributed by atoms with E-state index in [-0.39, 0.29) is 6.03 Å². The zero-order valence-corrected chi connectivity index (χ0v) is 13.0. The van der Waals surface area contributed by atoms with Crippen molar-refractivity contribution in [1.29, 1.82) is 0 Å². The van der Waals surface area contributed by atoms with E-state index in [9.17, 15) is 4.79 Å². The molecule has 0 atom stereocenters. The van der Waals surface area contributed by atoms with Crippen molar-refractivity contribution < 1.29 is 9.53 Å². The minimum absolute atomic E-state index is 0.283. The molecule has 0 aliphatic carbocycles. The van der Waals surface area contributed by atoms with E-state index in [0.717, 1.165) is 22.6 Å². The molecule has 22 heavy (non-hydrogen) atoms. The van der Waals surface area contributed by atoms with Crippen LogP contribution in [0.15, 0.2) is 48.7 Å². The van der Waals surface area contributed by atoms with Gasteiger partial charge in [0.15, 0.2) is 0 Å². The van der Waals surface area contributed by atoms with Crippen molar-refractivity contribution in [2.24, 2.45) is 0 Å². The van der Waals surface area contributed by atoms with Gasteiger partial charge in [-0.25, -0.2) is 4.79 Å². The standard InChI is InChI=1S/C18H20N2O2/c1-13-8-9-16(12-14(13)2)20-18(21)19-11-10-15-6-4-5-7-17(15)22-3/h4-12H,1-3H3,(H2,19,20,21)/b11-10+. The lowest BCUT2D eigenvalue weighted by atomic mass is 10.1. The molecule has 2 rings (SSSR count). The highest BCUT2D eigenvalue weighted by Gasteiger charge is 2.01. The van der Waals surface area contributed by atoms with Gasteiger partial charge in [-0.2, -0.15) is 0 Å². The SMILES string of the molecule is COc1ccccc1/C=C/NC(=O)Nc1ccc(C)c(C)c1. The number of rotatable bonds is 4. The fourth-order valence-electron chi connectivity index (χ4n) is 2.00. The van der Waals surface area contributed by atoms with Gasteiger partial charge in [0.2, 0.25) is 0 Å². The van der Waals surface area contributed by atoms with E-state index in [1.807, 2.05) is 56.3 Å². The molecule has 0 aromatic heterocycles. The van der Waals surface area contributed by atoms with Gasteiger partial charge in [0.1, 0.15) is 5.75 Å². The number of carbonyl (C=O) groups excluding carboxylic acids is 1. The first kappa shape index (κ1) is 15.6. The fraction of sp³-hybridized carbons (Fsp3) is 0.167. The van der Waals surface area contributed by atoms with Gasteiger partial charge in [-0.3, -0.25) is 0 Å². The predicted octanol–water partition coefficient (Wildman–Crippen LogP) is 4.10. The molecule has 2 amide bonds. The molecule has 2 aromatic rings. The lowest BCUT2D eigenvalue weighted by Gasteiger charge is -2.07. The molecule has 0 bridgehead atoms. The maximum atomic E-state index is 11.8. The van der Waals surface area contributed by atoms with Crippen molar-refractivity contribution in [3.05, 3.63) is 65.4 Å². The summed E-state index contributed by atoms with van der Waals surface area (Å²) < 4.78 is 5.24. The van der Waals surface area contributed by atoms with Crippen molar-refractivity contribution in [3.63, 3.8) is 0 Å². The molecular formula is C18H20N2O2. The van der Waals surface area contributed by atoms with Crippen molar-refractivity contribution in [3.8, 4) is 5.75 Å². The first-order valence-electron chi connectivity index (χ1n) is 7.04. The van der Waals surface area contributed by atoms with Gasteiger partial charge in [0.05, 0.1) is 7.11 Å². The molecule has 0 aliphatic rings. The third-order valence-corrected chi connectivity index (χ3v) is 3.38. The Balaban J connectivity index is 1.95. The summed E-state index contributed by atoms with van der Waals surface area (Å²) in [6, 6.07) is 13.1. The summed E-state index contributed by atoms with van der Waals surface area (Å²) in [7, 11) is 1.62. The van der Waals surface area contributed by atoms with Crippen molar-refractivity contribution >= 4 is 17.8 Å². The van der Waals surface area contributed by atoms with Gasteiger partial charge >= 0.3 is 6.03 Å². The highest BCUT2D eigenvalue weighted by molar-refractivity contribution is 5.90. The van der Waals surface area contributed by atoms with E-state index in [2.05, 4.69) is 10.6 Å². The number of hydrogen-bond donors (Lipinski definition) is 2. The van der Waals surface area contributed by atoms with E-state index in [4.69, 9.17) is 4.74 Å². The second kappa shape index (κ2) is 7.31. The number of aryl methyl sites for hydroxylation is 2. The zero-order chi connectivity index (χ0) is 15.9. The Kier molecular flexibility index (Phi) is 5.20. The number of urea groups is 1. The molecule has 0 fully saturated rings. The van der Waals surface area contributed by atoms with Crippen LogP contribution in [0.3, 0.4) is 0 Å². The average molecular weight is 296 g/mol. The van der Waals surface area contributed by atoms with Gasteiger partial charge in [0.25, 0.3) is 0 Å². The van der Waals surface area contributed by atoms with Crippen molar-refractivity contribution in [1.82, 2.24) is 5.32 Å². The monoisotopic (exact) mass is 296 g/mol. The molecule has 2 aromatic carbocycles. The molecule has 0 spiro atoms. The molecule has 0 saturated carbocycles. The van der Waals surface area contributed by atoms with Crippen molar-refractivity contribution in [2.45, 2.75) is 13.8 Å². The zero-order valence-electron chi connectivity index (χ0n) is 13.0. The highest BCUT2D eigenvalue weighted by atomic mass is 16.5. The number of hydrogen-bond acceptors (Lipinski definition) is 2. The van der Waals surface area contributed by atoms with Crippen LogP contribution < -0.4 is 15.4 Å². The summed E-state index contributed by atoms with van der Waals surface area (Å²) in [5, 5.41) is 5.47. The topological polar surface area (TPSA) is 50.4 Å². The van der Waals surface area contributed by atoms with Gasteiger partial charge in [-0.15, -0.1) is 0 Å². The van der Waals surface area contributed by atoms with Gasteiger partial charge < -0.3 is 15.4 Å². The van der Waals surface area contributed by atoms with E-state index in [0.29, 0.717) is 0 Å². The van der Waals surface area contributed by atoms with Gasteiger partial charge in [-0.1, -0.05) is 24.3 Å². The molecule has 2 N–H and O–H groups in total. The predicted molar refractivity (Wildman–Crippen MR) is 90.1 cm³/mol.